The molecule has 2 N–H and O–H groups in total. The van der Waals surface area contributed by atoms with Gasteiger partial charge in [-0.15, -0.1) is 0 Å². The number of nitrogens with one attached hydrogen (secondary N) is 2. The van der Waals surface area contributed by atoms with Crippen molar-refractivity contribution in [3.8, 4) is 0 Å². The molecule has 0 fully saturated rings. The minimum atomic E-state index is -0.740. The number of aryl methyl sites for hydroxylation is 1. The molecule has 0 aliphatic heterocycles. The number of hydrogen-bond donors (Lipinski definition) is 2. The van der Waals surface area contributed by atoms with Gasteiger partial charge in [0, 0.05) is 11.6 Å². The van der Waals surface area contributed by atoms with Crippen molar-refractivity contribution in [3.63, 3.8) is 0 Å². The molecule has 0 spiro atoms. The summed E-state index contributed by atoms with van der Waals surface area (Å²) in [6.45, 7) is 1.18. The van der Waals surface area contributed by atoms with Gasteiger partial charge in [-0.2, -0.15) is 0 Å². The van der Waals surface area contributed by atoms with E-state index < -0.39 is 18.5 Å². The van der Waals surface area contributed by atoms with E-state index in [-0.39, 0.29) is 23.0 Å². The largest absolute Gasteiger partial charge is 0.452 e. The molecule has 0 bridgehead atoms. The van der Waals surface area contributed by atoms with Crippen LogP contribution in [0, 0.1) is 6.92 Å². The third-order valence-corrected chi connectivity index (χ3v) is 3.66. The molecule has 2 aromatic carbocycles. The van der Waals surface area contributed by atoms with Crippen molar-refractivity contribution < 1.29 is 23.6 Å². The highest BCUT2D eigenvalue weighted by molar-refractivity contribution is 6.08. The third kappa shape index (κ3) is 4.82. The van der Waals surface area contributed by atoms with Crippen LogP contribution in [-0.4, -0.2) is 29.5 Å². The first-order chi connectivity index (χ1) is 13.5. The molecular formula is C20H17N3O5. The minimum absolute atomic E-state index is 0.136. The van der Waals surface area contributed by atoms with Gasteiger partial charge in [0.05, 0.1) is 11.3 Å². The lowest BCUT2D eigenvalue weighted by Crippen LogP contribution is -2.22. The van der Waals surface area contributed by atoms with Crippen molar-refractivity contribution in [2.45, 2.75) is 6.92 Å². The van der Waals surface area contributed by atoms with Crippen LogP contribution in [0.3, 0.4) is 0 Å². The Morgan fingerprint density at radius 3 is 2.43 bits per heavy atom. The zero-order valence-electron chi connectivity index (χ0n) is 15.0. The molecular weight excluding hydrogens is 362 g/mol. The second-order valence-corrected chi connectivity index (χ2v) is 5.81. The second-order valence-electron chi connectivity index (χ2n) is 5.81. The summed E-state index contributed by atoms with van der Waals surface area (Å²) in [7, 11) is 0. The van der Waals surface area contributed by atoms with Crippen molar-refractivity contribution in [2.75, 3.05) is 17.2 Å². The lowest BCUT2D eigenvalue weighted by atomic mass is 10.1. The zero-order chi connectivity index (χ0) is 19.9. The maximum atomic E-state index is 12.4. The molecule has 0 radical (unpaired) electrons. The maximum absolute atomic E-state index is 12.4. The molecule has 28 heavy (non-hydrogen) atoms. The number of hydrogen-bond acceptors (Lipinski definition) is 6. The Hall–Kier alpha value is -3.94. The number of carbonyl (C=O) groups is 3. The first kappa shape index (κ1) is 18.8. The number of aromatic nitrogens is 1. The molecule has 0 unspecified atom stereocenters. The quantitative estimate of drug-likeness (QED) is 0.637. The topological polar surface area (TPSA) is 111 Å². The monoisotopic (exact) mass is 379 g/mol. The van der Waals surface area contributed by atoms with E-state index in [0.29, 0.717) is 11.3 Å². The molecule has 1 aromatic heterocycles. The molecule has 0 aliphatic rings. The van der Waals surface area contributed by atoms with E-state index in [9.17, 15) is 14.4 Å². The molecule has 0 saturated heterocycles. The van der Waals surface area contributed by atoms with Gasteiger partial charge < -0.3 is 19.9 Å². The van der Waals surface area contributed by atoms with Crippen LogP contribution in [0.1, 0.15) is 26.5 Å². The lowest BCUT2D eigenvalue weighted by Gasteiger charge is -2.11. The van der Waals surface area contributed by atoms with E-state index in [2.05, 4.69) is 15.8 Å². The number of carbonyl (C=O) groups excluding carboxylic acids is 3. The molecule has 8 nitrogen and oxygen atoms in total. The first-order valence-electron chi connectivity index (χ1n) is 8.38. The Morgan fingerprint density at radius 2 is 1.71 bits per heavy atom. The van der Waals surface area contributed by atoms with Gasteiger partial charge >= 0.3 is 5.97 Å². The molecule has 0 aliphatic carbocycles. The smallest absolute Gasteiger partial charge is 0.340 e. The maximum Gasteiger partial charge on any atom is 0.340 e. The zero-order valence-corrected chi connectivity index (χ0v) is 15.0. The van der Waals surface area contributed by atoms with Crippen LogP contribution in [-0.2, 0) is 9.53 Å². The third-order valence-electron chi connectivity index (χ3n) is 3.66. The average Bonchev–Trinajstić information content (AvgIpc) is 3.11. The van der Waals surface area contributed by atoms with Gasteiger partial charge in [-0.1, -0.05) is 35.5 Å². The van der Waals surface area contributed by atoms with E-state index in [1.807, 2.05) is 0 Å². The highest BCUT2D eigenvalue weighted by atomic mass is 16.5. The summed E-state index contributed by atoms with van der Waals surface area (Å²) in [5.74, 6) is -0.896. The fourth-order valence-corrected chi connectivity index (χ4v) is 2.37. The molecule has 0 saturated carbocycles. The minimum Gasteiger partial charge on any atom is -0.452 e. The molecule has 1 heterocycles. The molecule has 0 atom stereocenters. The highest BCUT2D eigenvalue weighted by Crippen LogP contribution is 2.17. The predicted molar refractivity (Wildman–Crippen MR) is 101 cm³/mol. The summed E-state index contributed by atoms with van der Waals surface area (Å²) >= 11 is 0. The second kappa shape index (κ2) is 8.63. The van der Waals surface area contributed by atoms with E-state index in [1.165, 1.54) is 12.1 Å². The van der Waals surface area contributed by atoms with E-state index in [1.54, 1.807) is 55.5 Å². The standard InChI is InChI=1S/C20H17N3O5/c1-13-11-17(23-28-13)22-18(24)12-27-20(26)15-9-5-6-10-16(15)21-19(25)14-7-3-2-4-8-14/h2-11H,12H2,1H3,(H,21,25)(H,22,23,24). The SMILES string of the molecule is Cc1cc(NC(=O)COC(=O)c2ccccc2NC(=O)c2ccccc2)no1. The fourth-order valence-electron chi connectivity index (χ4n) is 2.37. The van der Waals surface area contributed by atoms with Gasteiger partial charge in [0.2, 0.25) is 0 Å². The molecule has 3 rings (SSSR count). The number of amides is 2. The van der Waals surface area contributed by atoms with Crippen molar-refractivity contribution in [3.05, 3.63) is 77.6 Å². The molecule has 8 heteroatoms. The number of nitrogens with zero attached hydrogens (tertiary/aromatic N) is 1. The van der Waals surface area contributed by atoms with Crippen LogP contribution in [0.2, 0.25) is 0 Å². The van der Waals surface area contributed by atoms with Crippen molar-refractivity contribution in [1.82, 2.24) is 5.16 Å². The van der Waals surface area contributed by atoms with Gasteiger partial charge in [0.25, 0.3) is 11.8 Å². The Morgan fingerprint density at radius 1 is 1.00 bits per heavy atom. The van der Waals surface area contributed by atoms with Gasteiger partial charge in [-0.05, 0) is 31.2 Å². The first-order valence-corrected chi connectivity index (χ1v) is 8.38. The van der Waals surface area contributed by atoms with Gasteiger partial charge in [-0.25, -0.2) is 4.79 Å². The number of ether oxygens (including phenoxy) is 1. The summed E-state index contributed by atoms with van der Waals surface area (Å²) in [4.78, 5) is 36.5. The fraction of sp³-hybridized carbons (Fsp3) is 0.100. The van der Waals surface area contributed by atoms with Crippen LogP contribution >= 0.6 is 0 Å². The number of rotatable bonds is 6. The van der Waals surface area contributed by atoms with Gasteiger partial charge in [0.15, 0.2) is 12.4 Å². The van der Waals surface area contributed by atoms with E-state index >= 15 is 0 Å². The van der Waals surface area contributed by atoms with Crippen molar-refractivity contribution >= 4 is 29.3 Å². The summed E-state index contributed by atoms with van der Waals surface area (Å²) in [6.07, 6.45) is 0. The Kier molecular flexibility index (Phi) is 5.81. The van der Waals surface area contributed by atoms with E-state index in [0.717, 1.165) is 0 Å². The summed E-state index contributed by atoms with van der Waals surface area (Å²) in [6, 6.07) is 16.5. The van der Waals surface area contributed by atoms with Gasteiger partial charge in [0.1, 0.15) is 5.76 Å². The summed E-state index contributed by atoms with van der Waals surface area (Å²) in [5.41, 5.74) is 0.874. The van der Waals surface area contributed by atoms with Crippen LogP contribution in [0.25, 0.3) is 0 Å². The number of anilines is 2. The van der Waals surface area contributed by atoms with Crippen LogP contribution in [0.4, 0.5) is 11.5 Å². The van der Waals surface area contributed by atoms with Gasteiger partial charge in [-0.3, -0.25) is 9.59 Å². The number of esters is 1. The highest BCUT2D eigenvalue weighted by Gasteiger charge is 2.17. The van der Waals surface area contributed by atoms with Crippen molar-refractivity contribution in [1.29, 1.82) is 0 Å². The van der Waals surface area contributed by atoms with Crippen LogP contribution in [0.15, 0.2) is 65.2 Å². The summed E-state index contributed by atoms with van der Waals surface area (Å²) < 4.78 is 9.87. The van der Waals surface area contributed by atoms with Crippen LogP contribution in [0.5, 0.6) is 0 Å². The Labute approximate surface area is 160 Å². The van der Waals surface area contributed by atoms with Crippen LogP contribution < -0.4 is 10.6 Å². The molecule has 142 valence electrons. The van der Waals surface area contributed by atoms with Crippen molar-refractivity contribution in [2.24, 2.45) is 0 Å². The average molecular weight is 379 g/mol. The Bertz CT molecular complexity index is 998. The lowest BCUT2D eigenvalue weighted by molar-refractivity contribution is -0.119. The molecule has 3 aromatic rings. The predicted octanol–water partition coefficient (Wildman–Crippen LogP) is 3.03. The Balaban J connectivity index is 1.62. The number of para-hydroxylation sites is 1. The normalized spacial score (nSPS) is 10.2. The summed E-state index contributed by atoms with van der Waals surface area (Å²) in [5, 5.41) is 8.74. The number of benzene rings is 2. The van der Waals surface area contributed by atoms with E-state index in [4.69, 9.17) is 9.26 Å². The molecule has 2 amide bonds.